The number of fused-ring (bicyclic) bond motifs is 1. The van der Waals surface area contributed by atoms with Crippen molar-refractivity contribution in [1.29, 1.82) is 0 Å². The van der Waals surface area contributed by atoms with Gasteiger partial charge < -0.3 is 5.32 Å². The molecule has 1 atom stereocenters. The summed E-state index contributed by atoms with van der Waals surface area (Å²) in [5, 5.41) is 3.80. The third kappa shape index (κ3) is 2.75. The molecule has 0 aromatic heterocycles. The van der Waals surface area contributed by atoms with E-state index >= 15 is 0 Å². The molecule has 1 nitrogen and oxygen atoms in total. The molecule has 2 rings (SSSR count). The van der Waals surface area contributed by atoms with Crippen molar-refractivity contribution in [1.82, 2.24) is 5.32 Å². The normalized spacial score (nSPS) is 21.9. The van der Waals surface area contributed by atoms with Gasteiger partial charge in [-0.2, -0.15) is 11.8 Å². The van der Waals surface area contributed by atoms with Crippen molar-refractivity contribution in [2.75, 3.05) is 12.8 Å². The smallest absolute Gasteiger partial charge is 0.0378 e. The van der Waals surface area contributed by atoms with Crippen molar-refractivity contribution >= 4 is 11.8 Å². The second-order valence-electron chi connectivity index (χ2n) is 6.64. The Morgan fingerprint density at radius 2 is 2.00 bits per heavy atom. The minimum absolute atomic E-state index is 0.299. The highest BCUT2D eigenvalue weighted by atomic mass is 32.2. The molecule has 0 saturated heterocycles. The molecule has 18 heavy (non-hydrogen) atoms. The predicted molar refractivity (Wildman–Crippen MR) is 82.3 cm³/mol. The highest BCUT2D eigenvalue weighted by molar-refractivity contribution is 7.99. The summed E-state index contributed by atoms with van der Waals surface area (Å²) in [5.74, 6) is 0. The maximum absolute atomic E-state index is 3.80. The van der Waals surface area contributed by atoms with Crippen LogP contribution in [0.25, 0.3) is 0 Å². The van der Waals surface area contributed by atoms with Crippen LogP contribution in [-0.2, 0) is 6.42 Å². The first kappa shape index (κ1) is 14.0. The van der Waals surface area contributed by atoms with E-state index < -0.39 is 0 Å². The molecule has 0 saturated carbocycles. The van der Waals surface area contributed by atoms with E-state index in [9.17, 15) is 0 Å². The summed E-state index contributed by atoms with van der Waals surface area (Å²) in [6.45, 7) is 10.4. The first-order chi connectivity index (χ1) is 8.36. The fourth-order valence-corrected chi connectivity index (χ4v) is 3.02. The quantitative estimate of drug-likeness (QED) is 0.880. The van der Waals surface area contributed by atoms with Gasteiger partial charge in [-0.15, -0.1) is 0 Å². The largest absolute Gasteiger partial charge is 0.308 e. The molecule has 100 valence electrons. The molecule has 0 amide bonds. The number of hydrogen-bond acceptors (Lipinski definition) is 2. The molecule has 0 radical (unpaired) electrons. The Morgan fingerprint density at radius 3 is 2.67 bits per heavy atom. The fraction of sp³-hybridized carbons (Fsp3) is 0.625. The Balaban J connectivity index is 2.16. The molecule has 0 fully saturated rings. The first-order valence-corrected chi connectivity index (χ1v) is 7.94. The molecule has 0 aliphatic heterocycles. The molecule has 1 aliphatic rings. The summed E-state index contributed by atoms with van der Waals surface area (Å²) in [5.41, 5.74) is 3.33. The number of benzene rings is 1. The number of thioether (sulfide) groups is 1. The lowest BCUT2D eigenvalue weighted by Gasteiger charge is -2.32. The third-order valence-electron chi connectivity index (χ3n) is 4.08. The summed E-state index contributed by atoms with van der Waals surface area (Å²) in [6, 6.07) is 9.37. The van der Waals surface area contributed by atoms with Crippen LogP contribution in [0, 0.1) is 5.41 Å². The zero-order chi connectivity index (χ0) is 13.4. The Labute approximate surface area is 116 Å². The van der Waals surface area contributed by atoms with Gasteiger partial charge in [-0.05, 0) is 43.1 Å². The second-order valence-corrected chi connectivity index (χ2v) is 8.16. The van der Waals surface area contributed by atoms with Gasteiger partial charge in [0.2, 0.25) is 0 Å². The van der Waals surface area contributed by atoms with Gasteiger partial charge in [-0.1, -0.05) is 38.1 Å². The summed E-state index contributed by atoms with van der Waals surface area (Å²) in [4.78, 5) is 0. The average Bonchev–Trinajstić information content (AvgIpc) is 2.56. The van der Waals surface area contributed by atoms with Crippen LogP contribution in [0.15, 0.2) is 24.3 Å². The van der Waals surface area contributed by atoms with Crippen LogP contribution >= 0.6 is 11.8 Å². The van der Waals surface area contributed by atoms with E-state index in [0.717, 1.165) is 6.54 Å². The van der Waals surface area contributed by atoms with Gasteiger partial charge in [0.05, 0.1) is 0 Å². The lowest BCUT2D eigenvalue weighted by Crippen LogP contribution is -2.39. The van der Waals surface area contributed by atoms with Crippen molar-refractivity contribution in [3.8, 4) is 0 Å². The van der Waals surface area contributed by atoms with E-state index in [1.807, 2.05) is 11.8 Å². The molecule has 1 N–H and O–H groups in total. The van der Waals surface area contributed by atoms with Gasteiger partial charge in [0.25, 0.3) is 0 Å². The monoisotopic (exact) mass is 263 g/mol. The van der Waals surface area contributed by atoms with E-state index in [2.05, 4.69) is 63.5 Å². The van der Waals surface area contributed by atoms with Crippen LogP contribution in [-0.4, -0.2) is 17.5 Å². The van der Waals surface area contributed by atoms with Crippen LogP contribution < -0.4 is 5.32 Å². The summed E-state index contributed by atoms with van der Waals surface area (Å²) >= 11 is 1.93. The van der Waals surface area contributed by atoms with Crippen molar-refractivity contribution in [3.63, 3.8) is 0 Å². The summed E-state index contributed by atoms with van der Waals surface area (Å²) < 4.78 is 0.299. The number of nitrogens with one attached hydrogen (secondary N) is 1. The van der Waals surface area contributed by atoms with Crippen LogP contribution in [0.1, 0.15) is 44.9 Å². The second kappa shape index (κ2) is 4.90. The molecule has 2 heteroatoms. The number of rotatable bonds is 4. The Morgan fingerprint density at radius 1 is 1.33 bits per heavy atom. The van der Waals surface area contributed by atoms with Crippen molar-refractivity contribution in [2.45, 2.75) is 44.9 Å². The first-order valence-electron chi connectivity index (χ1n) is 6.72. The van der Waals surface area contributed by atoms with Crippen LogP contribution in [0.4, 0.5) is 0 Å². The van der Waals surface area contributed by atoms with Gasteiger partial charge in [0.15, 0.2) is 0 Å². The van der Waals surface area contributed by atoms with Gasteiger partial charge >= 0.3 is 0 Å². The maximum Gasteiger partial charge on any atom is 0.0378 e. The molecule has 1 unspecified atom stereocenters. The van der Waals surface area contributed by atoms with E-state index in [1.54, 1.807) is 0 Å². The molecule has 1 aromatic rings. The Kier molecular flexibility index (Phi) is 3.80. The summed E-state index contributed by atoms with van der Waals surface area (Å²) in [6.07, 6.45) is 3.37. The highest BCUT2D eigenvalue weighted by Gasteiger charge is 2.38. The zero-order valence-corrected chi connectivity index (χ0v) is 13.0. The zero-order valence-electron chi connectivity index (χ0n) is 12.2. The lowest BCUT2D eigenvalue weighted by atomic mass is 9.85. The van der Waals surface area contributed by atoms with Crippen molar-refractivity contribution < 1.29 is 0 Å². The van der Waals surface area contributed by atoms with E-state index in [4.69, 9.17) is 0 Å². The minimum Gasteiger partial charge on any atom is -0.308 e. The van der Waals surface area contributed by atoms with Crippen LogP contribution in [0.5, 0.6) is 0 Å². The van der Waals surface area contributed by atoms with Gasteiger partial charge in [-0.3, -0.25) is 0 Å². The fourth-order valence-electron chi connectivity index (χ4n) is 2.80. The average molecular weight is 263 g/mol. The molecule has 0 heterocycles. The third-order valence-corrected chi connectivity index (χ3v) is 5.33. The maximum atomic E-state index is 3.80. The van der Waals surface area contributed by atoms with E-state index in [0.29, 0.717) is 16.2 Å². The standard InChI is InChI=1S/C16H25NS/c1-15(2)10-12-8-6-7-9-13(12)14(15)17-11-16(3,4)18-5/h6-9,14,17H,10-11H2,1-5H3. The van der Waals surface area contributed by atoms with Gasteiger partial charge in [0, 0.05) is 17.3 Å². The topological polar surface area (TPSA) is 12.0 Å². The van der Waals surface area contributed by atoms with Crippen LogP contribution in [0.3, 0.4) is 0 Å². The van der Waals surface area contributed by atoms with E-state index in [1.165, 1.54) is 17.5 Å². The lowest BCUT2D eigenvalue weighted by molar-refractivity contribution is 0.265. The van der Waals surface area contributed by atoms with Gasteiger partial charge in [-0.25, -0.2) is 0 Å². The molecular formula is C16H25NS. The summed E-state index contributed by atoms with van der Waals surface area (Å²) in [7, 11) is 0. The SMILES string of the molecule is CSC(C)(C)CNC1c2ccccc2CC1(C)C. The molecule has 1 aromatic carbocycles. The molecule has 0 spiro atoms. The van der Waals surface area contributed by atoms with Crippen molar-refractivity contribution in [3.05, 3.63) is 35.4 Å². The van der Waals surface area contributed by atoms with Crippen LogP contribution in [0.2, 0.25) is 0 Å². The number of hydrogen-bond donors (Lipinski definition) is 1. The Hall–Kier alpha value is -0.470. The van der Waals surface area contributed by atoms with Crippen molar-refractivity contribution in [2.24, 2.45) is 5.41 Å². The highest BCUT2D eigenvalue weighted by Crippen LogP contribution is 2.45. The molecular weight excluding hydrogens is 238 g/mol. The molecule has 1 aliphatic carbocycles. The Bertz CT molecular complexity index is 423. The predicted octanol–water partition coefficient (Wildman–Crippen LogP) is 4.04. The molecule has 0 bridgehead atoms. The van der Waals surface area contributed by atoms with Gasteiger partial charge in [0.1, 0.15) is 0 Å². The minimum atomic E-state index is 0.299. The van der Waals surface area contributed by atoms with E-state index in [-0.39, 0.29) is 0 Å².